The Kier molecular flexibility index (Phi) is 3.60. The van der Waals surface area contributed by atoms with Crippen LogP contribution in [0.5, 0.6) is 5.75 Å². The number of hydrogen-bond donors (Lipinski definition) is 1. The van der Waals surface area contributed by atoms with Gasteiger partial charge in [0.2, 0.25) is 0 Å². The van der Waals surface area contributed by atoms with E-state index in [4.69, 9.17) is 10.5 Å². The minimum Gasteiger partial charge on any atom is -0.497 e. The Morgan fingerprint density at radius 3 is 2.43 bits per heavy atom. The molecule has 2 aromatic carbocycles. The van der Waals surface area contributed by atoms with E-state index in [1.54, 1.807) is 7.11 Å². The lowest BCUT2D eigenvalue weighted by Gasteiger charge is -2.09. The van der Waals surface area contributed by atoms with Crippen LogP contribution < -0.4 is 10.5 Å². The van der Waals surface area contributed by atoms with Crippen LogP contribution in [0.3, 0.4) is 0 Å². The number of nitrogens with two attached hydrogens (primary N) is 1. The average Bonchev–Trinajstić information content (AvgIpc) is 2.97. The maximum absolute atomic E-state index is 5.73. The molecule has 0 aliphatic heterocycles. The van der Waals surface area contributed by atoms with Crippen molar-refractivity contribution < 1.29 is 4.74 Å². The van der Waals surface area contributed by atoms with Crippen LogP contribution in [-0.4, -0.2) is 16.7 Å². The largest absolute Gasteiger partial charge is 0.497 e. The summed E-state index contributed by atoms with van der Waals surface area (Å²) < 4.78 is 7.30. The van der Waals surface area contributed by atoms with Crippen molar-refractivity contribution in [3.8, 4) is 17.1 Å². The second-order valence-corrected chi connectivity index (χ2v) is 4.85. The van der Waals surface area contributed by atoms with Crippen LogP contribution in [0.15, 0.2) is 60.9 Å². The fourth-order valence-electron chi connectivity index (χ4n) is 2.26. The van der Waals surface area contributed by atoms with Crippen LogP contribution in [0, 0.1) is 0 Å². The molecule has 0 amide bonds. The summed E-state index contributed by atoms with van der Waals surface area (Å²) in [6.45, 7) is 0.768. The highest BCUT2D eigenvalue weighted by molar-refractivity contribution is 5.59. The van der Waals surface area contributed by atoms with Crippen LogP contribution in [0.1, 0.15) is 5.56 Å². The summed E-state index contributed by atoms with van der Waals surface area (Å²) >= 11 is 0. The molecular formula is C17H17N3O. The molecule has 0 aliphatic rings. The van der Waals surface area contributed by atoms with E-state index < -0.39 is 0 Å². The lowest BCUT2D eigenvalue weighted by Crippen LogP contribution is -2.01. The van der Waals surface area contributed by atoms with Gasteiger partial charge in [0.1, 0.15) is 11.6 Å². The third-order valence-corrected chi connectivity index (χ3v) is 3.40. The Labute approximate surface area is 123 Å². The van der Waals surface area contributed by atoms with Crippen molar-refractivity contribution in [2.45, 2.75) is 6.54 Å². The summed E-state index contributed by atoms with van der Waals surface area (Å²) in [6.07, 6.45) is 3.80. The fraction of sp³-hybridized carbons (Fsp3) is 0.118. The van der Waals surface area contributed by atoms with Crippen molar-refractivity contribution in [1.82, 2.24) is 9.55 Å². The molecule has 1 aromatic heterocycles. The molecule has 0 saturated carbocycles. The molecule has 0 fully saturated rings. The van der Waals surface area contributed by atoms with Crippen molar-refractivity contribution in [3.63, 3.8) is 0 Å². The molecule has 0 aliphatic carbocycles. The molecule has 4 heteroatoms. The molecule has 21 heavy (non-hydrogen) atoms. The molecule has 3 rings (SSSR count). The van der Waals surface area contributed by atoms with E-state index in [0.29, 0.717) is 0 Å². The first-order chi connectivity index (χ1) is 10.3. The number of rotatable bonds is 4. The number of nitrogen functional groups attached to an aromatic ring is 1. The molecule has 106 valence electrons. The van der Waals surface area contributed by atoms with Gasteiger partial charge in [-0.15, -0.1) is 0 Å². The summed E-state index contributed by atoms with van der Waals surface area (Å²) in [7, 11) is 1.67. The highest BCUT2D eigenvalue weighted by atomic mass is 16.5. The molecule has 4 nitrogen and oxygen atoms in total. The number of nitrogens with zero attached hydrogens (tertiary/aromatic N) is 2. The normalized spacial score (nSPS) is 10.5. The highest BCUT2D eigenvalue weighted by Gasteiger charge is 2.06. The predicted octanol–water partition coefficient (Wildman–Crippen LogP) is 3.19. The molecule has 0 saturated heterocycles. The SMILES string of the molecule is COc1ccc(Cn2ccnc2-c2ccc(N)cc2)cc1. The third-order valence-electron chi connectivity index (χ3n) is 3.40. The number of benzene rings is 2. The number of aromatic nitrogens is 2. The molecular weight excluding hydrogens is 262 g/mol. The zero-order valence-corrected chi connectivity index (χ0v) is 11.9. The molecule has 0 unspecified atom stereocenters. The molecule has 2 N–H and O–H groups in total. The van der Waals surface area contributed by atoms with Crippen molar-refractivity contribution >= 4 is 5.69 Å². The van der Waals surface area contributed by atoms with Crippen molar-refractivity contribution in [3.05, 3.63) is 66.5 Å². The first-order valence-electron chi connectivity index (χ1n) is 6.76. The smallest absolute Gasteiger partial charge is 0.140 e. The number of anilines is 1. The van der Waals surface area contributed by atoms with Gasteiger partial charge in [0.25, 0.3) is 0 Å². The van der Waals surface area contributed by atoms with Gasteiger partial charge in [-0.3, -0.25) is 0 Å². The topological polar surface area (TPSA) is 53.1 Å². The molecule has 0 radical (unpaired) electrons. The summed E-state index contributed by atoms with van der Waals surface area (Å²) in [4.78, 5) is 4.44. The van der Waals surface area contributed by atoms with Crippen LogP contribution in [0.25, 0.3) is 11.4 Å². The van der Waals surface area contributed by atoms with E-state index in [0.717, 1.165) is 29.4 Å². The Morgan fingerprint density at radius 1 is 1.05 bits per heavy atom. The fourth-order valence-corrected chi connectivity index (χ4v) is 2.26. The van der Waals surface area contributed by atoms with Crippen molar-refractivity contribution in [2.75, 3.05) is 12.8 Å². The Hall–Kier alpha value is -2.75. The van der Waals surface area contributed by atoms with E-state index in [1.165, 1.54) is 5.56 Å². The predicted molar refractivity (Wildman–Crippen MR) is 84.2 cm³/mol. The maximum atomic E-state index is 5.73. The summed E-state index contributed by atoms with van der Waals surface area (Å²) in [6, 6.07) is 15.8. The number of ether oxygens (including phenoxy) is 1. The van der Waals surface area contributed by atoms with Crippen molar-refractivity contribution in [1.29, 1.82) is 0 Å². The van der Waals surface area contributed by atoms with Crippen molar-refractivity contribution in [2.24, 2.45) is 0 Å². The second-order valence-electron chi connectivity index (χ2n) is 4.85. The van der Waals surface area contributed by atoms with Gasteiger partial charge in [0.05, 0.1) is 7.11 Å². The van der Waals surface area contributed by atoms with Crippen LogP contribution in [-0.2, 0) is 6.54 Å². The van der Waals surface area contributed by atoms with E-state index in [-0.39, 0.29) is 0 Å². The van der Waals surface area contributed by atoms with Gasteiger partial charge in [-0.2, -0.15) is 0 Å². The monoisotopic (exact) mass is 279 g/mol. The first kappa shape index (κ1) is 13.2. The zero-order valence-electron chi connectivity index (χ0n) is 11.9. The first-order valence-corrected chi connectivity index (χ1v) is 6.76. The lowest BCUT2D eigenvalue weighted by atomic mass is 10.2. The quantitative estimate of drug-likeness (QED) is 0.746. The Morgan fingerprint density at radius 2 is 1.76 bits per heavy atom. The van der Waals surface area contributed by atoms with Gasteiger partial charge in [0, 0.05) is 30.2 Å². The van der Waals surface area contributed by atoms with Crippen LogP contribution >= 0.6 is 0 Å². The summed E-state index contributed by atoms with van der Waals surface area (Å²) in [5, 5.41) is 0. The van der Waals surface area contributed by atoms with Gasteiger partial charge in [0.15, 0.2) is 0 Å². The van der Waals surface area contributed by atoms with Gasteiger partial charge >= 0.3 is 0 Å². The van der Waals surface area contributed by atoms with E-state index in [9.17, 15) is 0 Å². The molecule has 0 spiro atoms. The zero-order chi connectivity index (χ0) is 14.7. The Bertz CT molecular complexity index is 715. The van der Waals surface area contributed by atoms with Gasteiger partial charge in [-0.05, 0) is 42.0 Å². The molecule has 0 atom stereocenters. The number of imidazole rings is 1. The minimum atomic E-state index is 0.756. The second kappa shape index (κ2) is 5.71. The molecule has 1 heterocycles. The Balaban J connectivity index is 1.86. The molecule has 0 bridgehead atoms. The lowest BCUT2D eigenvalue weighted by molar-refractivity contribution is 0.414. The minimum absolute atomic E-state index is 0.756. The average molecular weight is 279 g/mol. The maximum Gasteiger partial charge on any atom is 0.140 e. The van der Waals surface area contributed by atoms with Gasteiger partial charge in [-0.25, -0.2) is 4.98 Å². The van der Waals surface area contributed by atoms with Gasteiger partial charge in [-0.1, -0.05) is 12.1 Å². The van der Waals surface area contributed by atoms with Crippen LogP contribution in [0.2, 0.25) is 0 Å². The number of methoxy groups -OCH3 is 1. The number of hydrogen-bond acceptors (Lipinski definition) is 3. The van der Waals surface area contributed by atoms with Crippen LogP contribution in [0.4, 0.5) is 5.69 Å². The van der Waals surface area contributed by atoms with E-state index in [1.807, 2.05) is 48.8 Å². The molecule has 3 aromatic rings. The van der Waals surface area contributed by atoms with E-state index >= 15 is 0 Å². The third kappa shape index (κ3) is 2.89. The highest BCUT2D eigenvalue weighted by Crippen LogP contribution is 2.20. The van der Waals surface area contributed by atoms with E-state index in [2.05, 4.69) is 21.7 Å². The van der Waals surface area contributed by atoms with Gasteiger partial charge < -0.3 is 15.0 Å². The summed E-state index contributed by atoms with van der Waals surface area (Å²) in [5.74, 6) is 1.80. The summed E-state index contributed by atoms with van der Waals surface area (Å²) in [5.41, 5.74) is 8.74. The standard InChI is InChI=1S/C17H17N3O/c1-21-16-8-2-13(3-9-16)12-20-11-10-19-17(20)14-4-6-15(18)7-5-14/h2-11H,12,18H2,1H3.